The van der Waals surface area contributed by atoms with Gasteiger partial charge in [0, 0.05) is 32.4 Å². The molecule has 0 saturated carbocycles. The summed E-state index contributed by atoms with van der Waals surface area (Å²) in [5, 5.41) is 15.5. The van der Waals surface area contributed by atoms with Crippen molar-refractivity contribution in [1.29, 1.82) is 0 Å². The molecule has 7 heteroatoms. The molecule has 0 radical (unpaired) electrons. The molecule has 0 aromatic carbocycles. The molecular formula is C18H24N6O. The van der Waals surface area contributed by atoms with Gasteiger partial charge in [-0.2, -0.15) is 10.2 Å². The van der Waals surface area contributed by atoms with Crippen LogP contribution in [0.25, 0.3) is 0 Å². The minimum atomic E-state index is 0.0395. The minimum absolute atomic E-state index is 0.0395. The normalized spacial score (nSPS) is 20.9. The monoisotopic (exact) mass is 340 g/mol. The number of carbonyl (C=O) groups is 1. The van der Waals surface area contributed by atoms with Gasteiger partial charge in [0.1, 0.15) is 5.69 Å². The number of hydrogen-bond acceptors (Lipinski definition) is 5. The van der Waals surface area contributed by atoms with Crippen LogP contribution in [0.2, 0.25) is 0 Å². The number of likely N-dealkylation sites (tertiary alicyclic amines) is 1. The lowest BCUT2D eigenvalue weighted by atomic mass is 9.93. The first kappa shape index (κ1) is 16.1. The fraction of sp³-hybridized carbons (Fsp3) is 0.556. The number of hydrogen-bond donors (Lipinski definition) is 1. The molecule has 1 atom stereocenters. The zero-order valence-electron chi connectivity index (χ0n) is 14.4. The molecule has 1 N–H and O–H groups in total. The molecule has 4 rings (SSSR count). The molecule has 2 aromatic heterocycles. The van der Waals surface area contributed by atoms with Crippen LogP contribution >= 0.6 is 0 Å². The van der Waals surface area contributed by atoms with Crippen LogP contribution in [0.3, 0.4) is 0 Å². The maximum absolute atomic E-state index is 12.5. The van der Waals surface area contributed by atoms with E-state index in [1.165, 1.54) is 12.8 Å². The molecule has 7 nitrogen and oxygen atoms in total. The summed E-state index contributed by atoms with van der Waals surface area (Å²) in [5.74, 6) is 1.46. The average Bonchev–Trinajstić information content (AvgIpc) is 3.36. The lowest BCUT2D eigenvalue weighted by Gasteiger charge is -2.32. The number of amides is 1. The van der Waals surface area contributed by atoms with Gasteiger partial charge in [0.05, 0.1) is 5.69 Å². The Morgan fingerprint density at radius 2 is 2.00 bits per heavy atom. The topological polar surface area (TPSA) is 78.0 Å². The molecule has 0 bridgehead atoms. The zero-order valence-corrected chi connectivity index (χ0v) is 14.4. The van der Waals surface area contributed by atoms with E-state index in [0.717, 1.165) is 57.0 Å². The summed E-state index contributed by atoms with van der Waals surface area (Å²) in [6.07, 6.45) is 7.13. The first-order valence-electron chi connectivity index (χ1n) is 9.16. The Hall–Kier alpha value is -2.44. The molecule has 0 unspecified atom stereocenters. The number of nitrogens with one attached hydrogen (secondary N) is 1. The smallest absolute Gasteiger partial charge is 0.271 e. The van der Waals surface area contributed by atoms with Crippen molar-refractivity contribution in [3.63, 3.8) is 0 Å². The van der Waals surface area contributed by atoms with E-state index in [1.807, 2.05) is 4.90 Å². The summed E-state index contributed by atoms with van der Waals surface area (Å²) in [7, 11) is 0. The van der Waals surface area contributed by atoms with Crippen LogP contribution in [0.1, 0.15) is 41.9 Å². The Labute approximate surface area is 147 Å². The Bertz CT molecular complexity index is 693. The number of rotatable bonds is 4. The van der Waals surface area contributed by atoms with E-state index in [9.17, 15) is 4.79 Å². The molecule has 2 saturated heterocycles. The predicted octanol–water partition coefficient (Wildman–Crippen LogP) is 1.89. The van der Waals surface area contributed by atoms with Crippen molar-refractivity contribution in [2.75, 3.05) is 31.1 Å². The van der Waals surface area contributed by atoms with Gasteiger partial charge in [-0.15, -0.1) is 5.10 Å². The average molecular weight is 340 g/mol. The Kier molecular flexibility index (Phi) is 4.63. The van der Waals surface area contributed by atoms with Gasteiger partial charge < -0.3 is 9.80 Å². The highest BCUT2D eigenvalue weighted by molar-refractivity contribution is 5.92. The summed E-state index contributed by atoms with van der Waals surface area (Å²) in [6.45, 7) is 3.75. The number of nitrogens with zero attached hydrogens (tertiary/aromatic N) is 5. The van der Waals surface area contributed by atoms with E-state index in [0.29, 0.717) is 11.6 Å². The predicted molar refractivity (Wildman–Crippen MR) is 94.4 cm³/mol. The van der Waals surface area contributed by atoms with Crippen molar-refractivity contribution in [2.45, 2.75) is 32.1 Å². The number of aromatic nitrogens is 4. The van der Waals surface area contributed by atoms with Crippen LogP contribution in [0.5, 0.6) is 0 Å². The van der Waals surface area contributed by atoms with Gasteiger partial charge in [-0.3, -0.25) is 9.89 Å². The second-order valence-corrected chi connectivity index (χ2v) is 7.01. The highest BCUT2D eigenvalue weighted by Gasteiger charge is 2.25. The standard InChI is InChI=1S/C18H24N6O/c25-18(16-7-8-19-21-16)24-11-3-4-14(13-24)12-15-5-6-17(22-20-15)23-9-1-2-10-23/h5-8,14H,1-4,9-13H2,(H,19,21)/t14-/m1/s1. The van der Waals surface area contributed by atoms with Gasteiger partial charge in [-0.25, -0.2) is 0 Å². The molecule has 25 heavy (non-hydrogen) atoms. The maximum Gasteiger partial charge on any atom is 0.271 e. The summed E-state index contributed by atoms with van der Waals surface area (Å²) >= 11 is 0. The first-order valence-corrected chi connectivity index (χ1v) is 9.16. The summed E-state index contributed by atoms with van der Waals surface area (Å²) < 4.78 is 0. The summed E-state index contributed by atoms with van der Waals surface area (Å²) in [4.78, 5) is 16.7. The van der Waals surface area contributed by atoms with Crippen LogP contribution in [0, 0.1) is 5.92 Å². The summed E-state index contributed by atoms with van der Waals surface area (Å²) in [5.41, 5.74) is 1.58. The third-order valence-electron chi connectivity index (χ3n) is 5.17. The molecule has 2 aromatic rings. The third-order valence-corrected chi connectivity index (χ3v) is 5.17. The fourth-order valence-corrected chi connectivity index (χ4v) is 3.83. The second kappa shape index (κ2) is 7.21. The molecule has 2 fully saturated rings. The Balaban J connectivity index is 1.36. The van der Waals surface area contributed by atoms with Crippen LogP contribution in [-0.4, -0.2) is 57.4 Å². The molecule has 0 aliphatic carbocycles. The van der Waals surface area contributed by atoms with Gasteiger partial charge in [0.2, 0.25) is 0 Å². The lowest BCUT2D eigenvalue weighted by molar-refractivity contribution is 0.0666. The quantitative estimate of drug-likeness (QED) is 0.920. The van der Waals surface area contributed by atoms with E-state index in [2.05, 4.69) is 37.4 Å². The van der Waals surface area contributed by atoms with E-state index < -0.39 is 0 Å². The Morgan fingerprint density at radius 3 is 2.72 bits per heavy atom. The highest BCUT2D eigenvalue weighted by atomic mass is 16.2. The molecule has 132 valence electrons. The number of carbonyl (C=O) groups excluding carboxylic acids is 1. The van der Waals surface area contributed by atoms with Crippen molar-refractivity contribution < 1.29 is 4.79 Å². The van der Waals surface area contributed by atoms with Gasteiger partial charge in [-0.05, 0) is 56.2 Å². The van der Waals surface area contributed by atoms with Gasteiger partial charge in [0.15, 0.2) is 5.82 Å². The molecule has 2 aliphatic heterocycles. The van der Waals surface area contributed by atoms with Crippen molar-refractivity contribution in [2.24, 2.45) is 5.92 Å². The van der Waals surface area contributed by atoms with Crippen LogP contribution in [-0.2, 0) is 6.42 Å². The van der Waals surface area contributed by atoms with Crippen LogP contribution in [0.15, 0.2) is 24.4 Å². The van der Waals surface area contributed by atoms with E-state index in [1.54, 1.807) is 12.3 Å². The van der Waals surface area contributed by atoms with Crippen molar-refractivity contribution >= 4 is 11.7 Å². The van der Waals surface area contributed by atoms with Gasteiger partial charge >= 0.3 is 0 Å². The minimum Gasteiger partial charge on any atom is -0.355 e. The number of anilines is 1. The third kappa shape index (κ3) is 3.65. The first-order chi connectivity index (χ1) is 12.3. The molecule has 2 aliphatic rings. The van der Waals surface area contributed by atoms with Crippen molar-refractivity contribution in [3.05, 3.63) is 35.8 Å². The SMILES string of the molecule is O=C(c1ccn[nH]1)N1CCC[C@H](Cc2ccc(N3CCCC3)nn2)C1. The van der Waals surface area contributed by atoms with E-state index >= 15 is 0 Å². The molecule has 1 amide bonds. The van der Waals surface area contributed by atoms with E-state index in [4.69, 9.17) is 0 Å². The van der Waals surface area contributed by atoms with E-state index in [-0.39, 0.29) is 5.91 Å². The second-order valence-electron chi connectivity index (χ2n) is 7.01. The summed E-state index contributed by atoms with van der Waals surface area (Å²) in [6, 6.07) is 5.91. The van der Waals surface area contributed by atoms with Crippen LogP contribution in [0.4, 0.5) is 5.82 Å². The zero-order chi connectivity index (χ0) is 17.1. The molecular weight excluding hydrogens is 316 g/mol. The highest BCUT2D eigenvalue weighted by Crippen LogP contribution is 2.22. The number of aromatic amines is 1. The number of piperidine rings is 1. The number of H-pyrrole nitrogens is 1. The van der Waals surface area contributed by atoms with Gasteiger partial charge in [0.25, 0.3) is 5.91 Å². The largest absolute Gasteiger partial charge is 0.355 e. The van der Waals surface area contributed by atoms with Crippen molar-refractivity contribution in [1.82, 2.24) is 25.3 Å². The van der Waals surface area contributed by atoms with Gasteiger partial charge in [-0.1, -0.05) is 0 Å². The van der Waals surface area contributed by atoms with Crippen molar-refractivity contribution in [3.8, 4) is 0 Å². The fourth-order valence-electron chi connectivity index (χ4n) is 3.83. The molecule has 4 heterocycles. The van der Waals surface area contributed by atoms with Crippen LogP contribution < -0.4 is 4.90 Å². The molecule has 0 spiro atoms. The lowest BCUT2D eigenvalue weighted by Crippen LogP contribution is -2.40. The Morgan fingerprint density at radius 1 is 1.12 bits per heavy atom. The maximum atomic E-state index is 12.5.